The second-order valence-corrected chi connectivity index (χ2v) is 7.64. The summed E-state index contributed by atoms with van der Waals surface area (Å²) in [7, 11) is 0. The highest BCUT2D eigenvalue weighted by atomic mass is 16.5. The molecule has 2 fully saturated rings. The lowest BCUT2D eigenvalue weighted by molar-refractivity contribution is 0.0320. The minimum Gasteiger partial charge on any atom is -0.476 e. The Hall–Kier alpha value is -3.28. The van der Waals surface area contributed by atoms with E-state index in [1.165, 1.54) is 6.21 Å². The van der Waals surface area contributed by atoms with Crippen molar-refractivity contribution in [2.24, 2.45) is 10.8 Å². The van der Waals surface area contributed by atoms with Crippen molar-refractivity contribution < 1.29 is 19.0 Å². The van der Waals surface area contributed by atoms with Gasteiger partial charge in [-0.05, 0) is 18.2 Å². The van der Waals surface area contributed by atoms with Crippen molar-refractivity contribution in [3.05, 3.63) is 41.7 Å². The van der Waals surface area contributed by atoms with Gasteiger partial charge in [-0.3, -0.25) is 15.1 Å². The number of hydrazone groups is 1. The van der Waals surface area contributed by atoms with Crippen molar-refractivity contribution >= 4 is 23.6 Å². The molecule has 11 heteroatoms. The van der Waals surface area contributed by atoms with E-state index in [-0.39, 0.29) is 0 Å². The fourth-order valence-electron chi connectivity index (χ4n) is 3.53. The molecule has 1 aromatic heterocycles. The second kappa shape index (κ2) is 11.5. The second-order valence-electron chi connectivity index (χ2n) is 7.64. The third kappa shape index (κ3) is 6.85. The highest BCUT2D eigenvalue weighted by Crippen LogP contribution is 2.19. The van der Waals surface area contributed by atoms with Crippen LogP contribution in [0.5, 0.6) is 5.88 Å². The highest BCUT2D eigenvalue weighted by Gasteiger charge is 2.16. The van der Waals surface area contributed by atoms with Crippen LogP contribution in [-0.2, 0) is 9.47 Å². The molecule has 2 saturated heterocycles. The van der Waals surface area contributed by atoms with Crippen LogP contribution in [0.1, 0.15) is 16.2 Å². The quantitative estimate of drug-likeness (QED) is 0.412. The maximum atomic E-state index is 11.4. The molecule has 2 aromatic rings. The molecule has 3 heterocycles. The molecule has 0 spiro atoms. The number of carbonyl (C=O) groups excluding carboxylic acids is 1. The van der Waals surface area contributed by atoms with Crippen molar-refractivity contribution in [3.63, 3.8) is 0 Å². The summed E-state index contributed by atoms with van der Waals surface area (Å²) >= 11 is 0. The molecule has 0 unspecified atom stereocenters. The van der Waals surface area contributed by atoms with Crippen LogP contribution in [0.2, 0.25) is 0 Å². The van der Waals surface area contributed by atoms with E-state index in [0.29, 0.717) is 42.8 Å². The topological polar surface area (TPSA) is 127 Å². The van der Waals surface area contributed by atoms with Crippen molar-refractivity contribution in [1.82, 2.24) is 14.9 Å². The molecular weight excluding hydrogens is 426 g/mol. The van der Waals surface area contributed by atoms with Crippen molar-refractivity contribution in [2.45, 2.75) is 0 Å². The van der Waals surface area contributed by atoms with E-state index in [1.54, 1.807) is 24.3 Å². The van der Waals surface area contributed by atoms with Crippen molar-refractivity contribution in [2.75, 3.05) is 76.1 Å². The lowest BCUT2D eigenvalue weighted by atomic mass is 10.2. The van der Waals surface area contributed by atoms with Crippen molar-refractivity contribution in [3.8, 4) is 5.88 Å². The monoisotopic (exact) mass is 455 g/mol. The van der Waals surface area contributed by atoms with E-state index in [0.717, 1.165) is 51.8 Å². The van der Waals surface area contributed by atoms with Crippen LogP contribution in [0.4, 0.5) is 11.5 Å². The number of hydrogen-bond donors (Lipinski definition) is 2. The van der Waals surface area contributed by atoms with Gasteiger partial charge in [-0.25, -0.2) is 4.98 Å². The van der Waals surface area contributed by atoms with Gasteiger partial charge in [0.1, 0.15) is 12.4 Å². The number of rotatable bonds is 9. The Labute approximate surface area is 192 Å². The number of nitrogens with one attached hydrogen (secondary N) is 1. The average molecular weight is 456 g/mol. The summed E-state index contributed by atoms with van der Waals surface area (Å²) in [6, 6.07) is 8.64. The standard InChI is InChI=1S/C22H29N7O4/c23-22(30)17-2-1-3-18(14-17)27-24-16-19-25-20(29-7-11-32-12-8-29)15-21(26-19)33-13-6-28-4-9-31-10-5-28/h1-3,14-16,27H,4-13H2,(H2,23,30). The summed E-state index contributed by atoms with van der Waals surface area (Å²) in [5.74, 6) is 1.19. The summed E-state index contributed by atoms with van der Waals surface area (Å²) in [6.45, 7) is 7.46. The number of aromatic nitrogens is 2. The number of nitrogens with zero attached hydrogens (tertiary/aromatic N) is 5. The Balaban J connectivity index is 1.44. The van der Waals surface area contributed by atoms with Crippen LogP contribution >= 0.6 is 0 Å². The van der Waals surface area contributed by atoms with E-state index in [4.69, 9.17) is 19.9 Å². The molecular formula is C22H29N7O4. The van der Waals surface area contributed by atoms with Crippen LogP contribution in [0, 0.1) is 0 Å². The Bertz CT molecular complexity index is 960. The zero-order chi connectivity index (χ0) is 22.9. The van der Waals surface area contributed by atoms with Gasteiger partial charge in [0.05, 0.1) is 38.3 Å². The summed E-state index contributed by atoms with van der Waals surface area (Å²) in [5, 5.41) is 4.22. The van der Waals surface area contributed by atoms with E-state index < -0.39 is 5.91 Å². The predicted octanol–water partition coefficient (Wildman–Crippen LogP) is 0.569. The molecule has 2 aliphatic rings. The van der Waals surface area contributed by atoms with Crippen LogP contribution in [0.3, 0.4) is 0 Å². The lowest BCUT2D eigenvalue weighted by Gasteiger charge is -2.28. The Morgan fingerprint density at radius 1 is 1.12 bits per heavy atom. The third-order valence-corrected chi connectivity index (χ3v) is 5.32. The molecule has 0 atom stereocenters. The van der Waals surface area contributed by atoms with Gasteiger partial charge in [0.2, 0.25) is 11.8 Å². The first-order chi connectivity index (χ1) is 16.2. The molecule has 4 rings (SSSR count). The molecule has 0 bridgehead atoms. The maximum Gasteiger partial charge on any atom is 0.248 e. The van der Waals surface area contributed by atoms with Gasteiger partial charge in [-0.15, -0.1) is 0 Å². The van der Waals surface area contributed by atoms with E-state index in [9.17, 15) is 4.79 Å². The molecule has 2 aliphatic heterocycles. The van der Waals surface area contributed by atoms with Gasteiger partial charge < -0.3 is 24.8 Å². The van der Waals surface area contributed by atoms with Crippen LogP contribution in [0.25, 0.3) is 0 Å². The minimum absolute atomic E-state index is 0.400. The Morgan fingerprint density at radius 3 is 2.64 bits per heavy atom. The Kier molecular flexibility index (Phi) is 8.01. The number of primary amides is 1. The number of carbonyl (C=O) groups is 1. The zero-order valence-corrected chi connectivity index (χ0v) is 18.5. The third-order valence-electron chi connectivity index (χ3n) is 5.32. The fourth-order valence-corrected chi connectivity index (χ4v) is 3.53. The van der Waals surface area contributed by atoms with Gasteiger partial charge in [-0.2, -0.15) is 10.1 Å². The fraction of sp³-hybridized carbons (Fsp3) is 0.455. The first kappa shape index (κ1) is 22.9. The molecule has 0 saturated carbocycles. The first-order valence-corrected chi connectivity index (χ1v) is 11.0. The van der Waals surface area contributed by atoms with Gasteiger partial charge in [0.25, 0.3) is 0 Å². The largest absolute Gasteiger partial charge is 0.476 e. The number of ether oxygens (including phenoxy) is 3. The van der Waals surface area contributed by atoms with E-state index in [2.05, 4.69) is 30.3 Å². The van der Waals surface area contributed by atoms with Gasteiger partial charge in [0, 0.05) is 44.4 Å². The number of anilines is 2. The molecule has 33 heavy (non-hydrogen) atoms. The number of nitrogens with two attached hydrogens (primary N) is 1. The average Bonchev–Trinajstić information content (AvgIpc) is 2.85. The first-order valence-electron chi connectivity index (χ1n) is 11.0. The zero-order valence-electron chi connectivity index (χ0n) is 18.5. The smallest absolute Gasteiger partial charge is 0.248 e. The van der Waals surface area contributed by atoms with Gasteiger partial charge >= 0.3 is 0 Å². The summed E-state index contributed by atoms with van der Waals surface area (Å²) in [5.41, 5.74) is 9.25. The molecule has 176 valence electrons. The van der Waals surface area contributed by atoms with E-state index >= 15 is 0 Å². The number of hydrogen-bond acceptors (Lipinski definition) is 10. The Morgan fingerprint density at radius 2 is 1.88 bits per heavy atom. The van der Waals surface area contributed by atoms with E-state index in [1.807, 2.05) is 6.07 Å². The van der Waals surface area contributed by atoms with Crippen LogP contribution in [-0.4, -0.2) is 92.7 Å². The van der Waals surface area contributed by atoms with Crippen LogP contribution < -0.4 is 20.8 Å². The maximum absolute atomic E-state index is 11.4. The number of amides is 1. The normalized spacial score (nSPS) is 17.3. The summed E-state index contributed by atoms with van der Waals surface area (Å²) in [4.78, 5) is 24.9. The lowest BCUT2D eigenvalue weighted by Crippen LogP contribution is -2.38. The summed E-state index contributed by atoms with van der Waals surface area (Å²) in [6.07, 6.45) is 1.52. The van der Waals surface area contributed by atoms with Gasteiger partial charge in [-0.1, -0.05) is 6.07 Å². The number of morpholine rings is 2. The predicted molar refractivity (Wildman–Crippen MR) is 124 cm³/mol. The van der Waals surface area contributed by atoms with Gasteiger partial charge in [0.15, 0.2) is 5.82 Å². The minimum atomic E-state index is -0.497. The van der Waals surface area contributed by atoms with Crippen molar-refractivity contribution in [1.29, 1.82) is 0 Å². The SMILES string of the molecule is NC(=O)c1cccc(NN=Cc2nc(OCCN3CCOCC3)cc(N3CCOCC3)n2)c1. The number of benzene rings is 1. The molecule has 1 aromatic carbocycles. The molecule has 11 nitrogen and oxygen atoms in total. The highest BCUT2D eigenvalue weighted by molar-refractivity contribution is 5.93. The molecule has 0 radical (unpaired) electrons. The molecule has 0 aliphatic carbocycles. The molecule has 3 N–H and O–H groups in total. The molecule has 1 amide bonds. The van der Waals surface area contributed by atoms with Crippen LogP contribution in [0.15, 0.2) is 35.4 Å². The summed E-state index contributed by atoms with van der Waals surface area (Å²) < 4.78 is 16.8.